The third kappa shape index (κ3) is 2.81. The van der Waals surface area contributed by atoms with Crippen LogP contribution in [0, 0.1) is 13.8 Å². The maximum Gasteiger partial charge on any atom is 0.247 e. The lowest BCUT2D eigenvalue weighted by molar-refractivity contribution is -0.00774. The first-order valence-electron chi connectivity index (χ1n) is 7.56. The molecule has 1 aliphatic rings. The number of rotatable bonds is 2. The molecule has 7 heteroatoms. The van der Waals surface area contributed by atoms with Crippen LogP contribution in [0.15, 0.2) is 4.90 Å². The van der Waals surface area contributed by atoms with Crippen LogP contribution in [0.5, 0.6) is 0 Å². The van der Waals surface area contributed by atoms with E-state index in [1.807, 2.05) is 41.5 Å². The van der Waals surface area contributed by atoms with Crippen LogP contribution >= 0.6 is 0 Å². The molecule has 22 heavy (non-hydrogen) atoms. The molecule has 0 N–H and O–H groups in total. The van der Waals surface area contributed by atoms with Gasteiger partial charge in [-0.25, -0.2) is 8.42 Å². The molecule has 126 valence electrons. The predicted octanol–water partition coefficient (Wildman–Crippen LogP) is 2.05. The molecule has 1 saturated heterocycles. The lowest BCUT2D eigenvalue weighted by atomic mass is 10.1. The normalized spacial score (nSPS) is 20.3. The highest BCUT2D eigenvalue weighted by atomic mass is 32.2. The number of sulfonamides is 1. The molecular weight excluding hydrogens is 302 g/mol. The van der Waals surface area contributed by atoms with Crippen molar-refractivity contribution in [2.45, 2.75) is 64.4 Å². The van der Waals surface area contributed by atoms with Gasteiger partial charge < -0.3 is 4.74 Å². The van der Waals surface area contributed by atoms with Crippen molar-refractivity contribution in [3.05, 3.63) is 11.4 Å². The molecule has 1 fully saturated rings. The first kappa shape index (κ1) is 17.4. The fourth-order valence-corrected chi connectivity index (χ4v) is 5.17. The van der Waals surface area contributed by atoms with E-state index in [0.29, 0.717) is 36.0 Å². The predicted molar refractivity (Wildman–Crippen MR) is 85.5 cm³/mol. The highest BCUT2D eigenvalue weighted by Gasteiger charge is 2.42. The van der Waals surface area contributed by atoms with E-state index in [1.54, 1.807) is 15.9 Å². The Balaban J connectivity index is 2.58. The summed E-state index contributed by atoms with van der Waals surface area (Å²) in [4.78, 5) is 0.331. The number of ether oxygens (including phenoxy) is 1. The van der Waals surface area contributed by atoms with Gasteiger partial charge in [-0.1, -0.05) is 0 Å². The summed E-state index contributed by atoms with van der Waals surface area (Å²) in [5.74, 6) is 0. The summed E-state index contributed by atoms with van der Waals surface area (Å²) in [5, 5.41) is 4.47. The minimum absolute atomic E-state index is 0.261. The van der Waals surface area contributed by atoms with Crippen molar-refractivity contribution < 1.29 is 13.2 Å². The number of aryl methyl sites for hydroxylation is 1. The van der Waals surface area contributed by atoms with Crippen molar-refractivity contribution in [1.82, 2.24) is 14.1 Å². The van der Waals surface area contributed by atoms with Gasteiger partial charge in [0.1, 0.15) is 4.90 Å². The van der Waals surface area contributed by atoms with Gasteiger partial charge in [0.15, 0.2) is 0 Å². The second-order valence-corrected chi connectivity index (χ2v) is 9.32. The van der Waals surface area contributed by atoms with Gasteiger partial charge in [0.05, 0.1) is 35.7 Å². The number of hydrogen-bond acceptors (Lipinski definition) is 4. The number of aromatic nitrogens is 2. The first-order chi connectivity index (χ1) is 9.89. The molecule has 0 bridgehead atoms. The van der Waals surface area contributed by atoms with Gasteiger partial charge in [-0.15, -0.1) is 0 Å². The van der Waals surface area contributed by atoms with Crippen molar-refractivity contribution in [3.8, 4) is 0 Å². The van der Waals surface area contributed by atoms with Gasteiger partial charge in [-0.2, -0.15) is 9.40 Å². The Morgan fingerprint density at radius 2 is 1.82 bits per heavy atom. The molecular formula is C15H27N3O3S. The van der Waals surface area contributed by atoms with E-state index in [-0.39, 0.29) is 5.54 Å². The van der Waals surface area contributed by atoms with Gasteiger partial charge in [0.25, 0.3) is 0 Å². The molecule has 2 rings (SSSR count). The van der Waals surface area contributed by atoms with E-state index in [2.05, 4.69) is 5.10 Å². The molecule has 1 aromatic rings. The largest absolute Gasteiger partial charge is 0.378 e. The molecule has 0 amide bonds. The zero-order valence-corrected chi connectivity index (χ0v) is 15.4. The zero-order chi connectivity index (χ0) is 16.9. The Hall–Kier alpha value is -0.920. The van der Waals surface area contributed by atoms with Crippen molar-refractivity contribution in [2.24, 2.45) is 0 Å². The summed E-state index contributed by atoms with van der Waals surface area (Å²) in [6.45, 7) is 14.6. The Bertz CT molecular complexity index is 669. The lowest BCUT2D eigenvalue weighted by Crippen LogP contribution is -2.55. The SMILES string of the molecule is Cc1nn(C(C)(C)C)c(C)c1S(=O)(=O)N1CCOCC1(C)C. The second kappa shape index (κ2) is 5.32. The standard InChI is InChI=1S/C15H27N3O3S/c1-11-13(12(2)18(16-11)14(3,4)5)22(19,20)17-8-9-21-10-15(17,6)7/h8-10H2,1-7H3. The van der Waals surface area contributed by atoms with Gasteiger partial charge in [0.2, 0.25) is 10.0 Å². The Kier molecular flexibility index (Phi) is 4.21. The summed E-state index contributed by atoms with van der Waals surface area (Å²) in [6, 6.07) is 0. The van der Waals surface area contributed by atoms with E-state index >= 15 is 0 Å². The van der Waals surface area contributed by atoms with E-state index in [9.17, 15) is 8.42 Å². The maximum absolute atomic E-state index is 13.2. The minimum atomic E-state index is -3.60. The average molecular weight is 329 g/mol. The van der Waals surface area contributed by atoms with Gasteiger partial charge in [0, 0.05) is 6.54 Å². The molecule has 0 unspecified atom stereocenters. The van der Waals surface area contributed by atoms with Crippen LogP contribution in [-0.2, 0) is 20.3 Å². The van der Waals surface area contributed by atoms with Crippen LogP contribution in [-0.4, -0.2) is 47.8 Å². The summed E-state index contributed by atoms with van der Waals surface area (Å²) >= 11 is 0. The van der Waals surface area contributed by atoms with E-state index in [0.717, 1.165) is 0 Å². The van der Waals surface area contributed by atoms with E-state index in [4.69, 9.17) is 4.74 Å². The van der Waals surface area contributed by atoms with Crippen molar-refractivity contribution >= 4 is 10.0 Å². The lowest BCUT2D eigenvalue weighted by Gasteiger charge is -2.40. The fourth-order valence-electron chi connectivity index (χ4n) is 3.05. The molecule has 0 aliphatic carbocycles. The van der Waals surface area contributed by atoms with Crippen LogP contribution in [0.3, 0.4) is 0 Å². The Morgan fingerprint density at radius 1 is 1.23 bits per heavy atom. The van der Waals surface area contributed by atoms with Crippen LogP contribution in [0.2, 0.25) is 0 Å². The van der Waals surface area contributed by atoms with Crippen LogP contribution in [0.4, 0.5) is 0 Å². The highest BCUT2D eigenvalue weighted by molar-refractivity contribution is 7.89. The minimum Gasteiger partial charge on any atom is -0.378 e. The first-order valence-corrected chi connectivity index (χ1v) is 9.00. The molecule has 2 heterocycles. The summed E-state index contributed by atoms with van der Waals surface area (Å²) in [6.07, 6.45) is 0. The number of morpholine rings is 1. The molecule has 0 spiro atoms. The van der Waals surface area contributed by atoms with Crippen molar-refractivity contribution in [3.63, 3.8) is 0 Å². The second-order valence-electron chi connectivity index (χ2n) is 7.52. The van der Waals surface area contributed by atoms with Gasteiger partial charge in [-0.05, 0) is 48.5 Å². The number of nitrogens with zero attached hydrogens (tertiary/aromatic N) is 3. The molecule has 6 nitrogen and oxygen atoms in total. The Morgan fingerprint density at radius 3 is 2.27 bits per heavy atom. The molecule has 1 aliphatic heterocycles. The summed E-state index contributed by atoms with van der Waals surface area (Å²) in [5.41, 5.74) is 0.421. The zero-order valence-electron chi connectivity index (χ0n) is 14.6. The van der Waals surface area contributed by atoms with E-state index < -0.39 is 15.6 Å². The van der Waals surface area contributed by atoms with Crippen LogP contribution in [0.25, 0.3) is 0 Å². The topological polar surface area (TPSA) is 64.4 Å². The van der Waals surface area contributed by atoms with Gasteiger partial charge in [-0.3, -0.25) is 4.68 Å². The highest BCUT2D eigenvalue weighted by Crippen LogP contribution is 2.32. The molecule has 0 saturated carbocycles. The molecule has 0 radical (unpaired) electrons. The van der Waals surface area contributed by atoms with Crippen molar-refractivity contribution in [1.29, 1.82) is 0 Å². The Labute approximate surface area is 133 Å². The molecule has 1 aromatic heterocycles. The third-order valence-corrected chi connectivity index (χ3v) is 6.34. The summed E-state index contributed by atoms with van der Waals surface area (Å²) in [7, 11) is -3.60. The monoisotopic (exact) mass is 329 g/mol. The smallest absolute Gasteiger partial charge is 0.247 e. The maximum atomic E-state index is 13.2. The molecule has 0 atom stereocenters. The quantitative estimate of drug-likeness (QED) is 0.833. The summed E-state index contributed by atoms with van der Waals surface area (Å²) < 4.78 is 35.2. The van der Waals surface area contributed by atoms with Crippen LogP contribution in [0.1, 0.15) is 46.0 Å². The number of hydrogen-bond donors (Lipinski definition) is 0. The average Bonchev–Trinajstić information content (AvgIpc) is 2.64. The fraction of sp³-hybridized carbons (Fsp3) is 0.800. The van der Waals surface area contributed by atoms with Crippen LogP contribution < -0.4 is 0 Å². The van der Waals surface area contributed by atoms with E-state index in [1.165, 1.54) is 0 Å². The van der Waals surface area contributed by atoms with Gasteiger partial charge >= 0.3 is 0 Å². The molecule has 0 aromatic carbocycles. The van der Waals surface area contributed by atoms with Crippen molar-refractivity contribution in [2.75, 3.05) is 19.8 Å². The third-order valence-electron chi connectivity index (χ3n) is 3.98.